The fraction of sp³-hybridized carbons (Fsp3) is 0.143. The molecule has 0 amide bonds. The van der Waals surface area contributed by atoms with Gasteiger partial charge in [-0.25, -0.2) is 14.1 Å². The van der Waals surface area contributed by atoms with Gasteiger partial charge < -0.3 is 15.2 Å². The molecule has 0 spiro atoms. The Labute approximate surface area is 186 Å². The molecule has 2 N–H and O–H groups in total. The molecule has 1 aromatic carbocycles. The van der Waals surface area contributed by atoms with Crippen LogP contribution < -0.4 is 15.2 Å². The van der Waals surface area contributed by atoms with Crippen molar-refractivity contribution in [2.75, 3.05) is 5.73 Å². The number of rotatable bonds is 0. The van der Waals surface area contributed by atoms with E-state index in [1.807, 2.05) is 0 Å². The summed E-state index contributed by atoms with van der Waals surface area (Å²) in [5.74, 6) is 0.201. The van der Waals surface area contributed by atoms with Gasteiger partial charge >= 0.3 is 0 Å². The smallest absolute Gasteiger partial charge is 0.249 e. The number of aromatic nitrogens is 5. The van der Waals surface area contributed by atoms with E-state index in [0.717, 1.165) is 0 Å². The number of pyridine rings is 1. The van der Waals surface area contributed by atoms with E-state index in [4.69, 9.17) is 26.8 Å². The van der Waals surface area contributed by atoms with Crippen LogP contribution in [0.3, 0.4) is 0 Å². The molecule has 3 aromatic heterocycles. The maximum atomic E-state index is 14.4. The maximum absolute atomic E-state index is 14.4. The van der Waals surface area contributed by atoms with Crippen molar-refractivity contribution in [3.8, 4) is 40.4 Å². The normalized spacial score (nSPS) is 14.5. The first kappa shape index (κ1) is 19.8. The Morgan fingerprint density at radius 3 is 2.91 bits per heavy atom. The molecular weight excluding hydrogens is 437 g/mol. The molecule has 2 bridgehead atoms. The van der Waals surface area contributed by atoms with Gasteiger partial charge in [-0.2, -0.15) is 10.4 Å². The summed E-state index contributed by atoms with van der Waals surface area (Å²) in [7, 11) is 1.63. The van der Waals surface area contributed by atoms with E-state index in [1.165, 1.54) is 33.9 Å². The molecule has 1 aliphatic heterocycles. The van der Waals surface area contributed by atoms with E-state index >= 15 is 0 Å². The third-order valence-electron chi connectivity index (χ3n) is 5.15. The highest BCUT2D eigenvalue weighted by molar-refractivity contribution is 6.31. The van der Waals surface area contributed by atoms with Gasteiger partial charge in [-0.15, -0.1) is 5.10 Å². The largest absolute Gasteiger partial charge is 0.482 e. The Morgan fingerprint density at radius 1 is 1.31 bits per heavy atom. The average molecular weight is 452 g/mol. The van der Waals surface area contributed by atoms with E-state index in [1.54, 1.807) is 26.1 Å². The second kappa shape index (κ2) is 7.25. The first-order chi connectivity index (χ1) is 15.4. The number of benzene rings is 1. The van der Waals surface area contributed by atoms with Crippen LogP contribution >= 0.6 is 11.6 Å². The highest BCUT2D eigenvalue weighted by Gasteiger charge is 2.27. The van der Waals surface area contributed by atoms with Gasteiger partial charge in [-0.3, -0.25) is 4.68 Å². The molecule has 0 aliphatic carbocycles. The summed E-state index contributed by atoms with van der Waals surface area (Å²) in [6.07, 6.45) is 2.30. The summed E-state index contributed by atoms with van der Waals surface area (Å²) in [6, 6.07) is 8.15. The maximum Gasteiger partial charge on any atom is 0.249 e. The summed E-state index contributed by atoms with van der Waals surface area (Å²) in [6.45, 7) is 1.71. The first-order valence-electron chi connectivity index (χ1n) is 9.48. The summed E-state index contributed by atoms with van der Waals surface area (Å²) >= 11 is 6.35. The highest BCUT2D eigenvalue weighted by Crippen LogP contribution is 2.41. The summed E-state index contributed by atoms with van der Waals surface area (Å²) in [5.41, 5.74) is 8.04. The number of fused-ring (bicyclic) bond motifs is 7. The summed E-state index contributed by atoms with van der Waals surface area (Å²) in [5, 5.41) is 18.3. The standard InChI is InChI=1S/C21H15ClFN7O2/c1-10-17-13(4-3-12(23)19(17)22)30-16(5-6-27-30)32-21-18(14(8-24)29(2)28-21)11-7-15(31-10)20(25)26-9-11/h3-7,9-10H,1-2H3,(H2,25,26). The van der Waals surface area contributed by atoms with Gasteiger partial charge in [0.15, 0.2) is 11.6 Å². The zero-order valence-electron chi connectivity index (χ0n) is 16.9. The van der Waals surface area contributed by atoms with Crippen molar-refractivity contribution in [3.05, 3.63) is 58.8 Å². The van der Waals surface area contributed by atoms with Gasteiger partial charge in [0.25, 0.3) is 0 Å². The van der Waals surface area contributed by atoms with Crippen LogP contribution in [0.15, 0.2) is 36.7 Å². The van der Waals surface area contributed by atoms with Gasteiger partial charge in [-0.05, 0) is 25.1 Å². The minimum absolute atomic E-state index is 0.110. The predicted octanol–water partition coefficient (Wildman–Crippen LogP) is 4.16. The van der Waals surface area contributed by atoms with Gasteiger partial charge in [0.05, 0.1) is 22.5 Å². The molecule has 4 heterocycles. The van der Waals surface area contributed by atoms with Gasteiger partial charge in [-0.1, -0.05) is 11.6 Å². The summed E-state index contributed by atoms with van der Waals surface area (Å²) in [4.78, 5) is 4.20. The molecule has 0 fully saturated rings. The Balaban J connectivity index is 1.85. The lowest BCUT2D eigenvalue weighted by atomic mass is 10.1. The van der Waals surface area contributed by atoms with E-state index in [9.17, 15) is 9.65 Å². The molecule has 4 aromatic rings. The van der Waals surface area contributed by atoms with E-state index in [-0.39, 0.29) is 34.0 Å². The third kappa shape index (κ3) is 2.94. The molecule has 11 heteroatoms. The minimum atomic E-state index is -0.729. The van der Waals surface area contributed by atoms with Crippen LogP contribution in [0.2, 0.25) is 5.02 Å². The van der Waals surface area contributed by atoms with Crippen LogP contribution in [-0.4, -0.2) is 24.5 Å². The number of nitrogens with two attached hydrogens (primary N) is 1. The van der Waals surface area contributed by atoms with Crippen molar-refractivity contribution in [1.82, 2.24) is 24.5 Å². The number of nitriles is 1. The van der Waals surface area contributed by atoms with E-state index < -0.39 is 11.9 Å². The van der Waals surface area contributed by atoms with Crippen molar-refractivity contribution in [1.29, 1.82) is 5.26 Å². The van der Waals surface area contributed by atoms with Crippen LogP contribution in [-0.2, 0) is 7.05 Å². The number of aryl methyl sites for hydroxylation is 1. The van der Waals surface area contributed by atoms with Gasteiger partial charge in [0.1, 0.15) is 23.7 Å². The van der Waals surface area contributed by atoms with Crippen LogP contribution in [0, 0.1) is 17.1 Å². The van der Waals surface area contributed by atoms with E-state index in [0.29, 0.717) is 22.4 Å². The first-order valence-corrected chi connectivity index (χ1v) is 9.86. The van der Waals surface area contributed by atoms with Crippen LogP contribution in [0.5, 0.6) is 17.5 Å². The number of hydrogen-bond donors (Lipinski definition) is 1. The predicted molar refractivity (Wildman–Crippen MR) is 113 cm³/mol. The topological polar surface area (TPSA) is 117 Å². The fourth-order valence-electron chi connectivity index (χ4n) is 3.67. The molecule has 1 unspecified atom stereocenters. The molecule has 160 valence electrons. The molecule has 1 aliphatic rings. The second-order valence-corrected chi connectivity index (χ2v) is 7.49. The van der Waals surface area contributed by atoms with Crippen molar-refractivity contribution in [3.63, 3.8) is 0 Å². The van der Waals surface area contributed by atoms with Gasteiger partial charge in [0, 0.05) is 30.4 Å². The van der Waals surface area contributed by atoms with Crippen molar-refractivity contribution in [2.45, 2.75) is 13.0 Å². The SMILES string of the molecule is CC1Oc2cc(cnc2N)-c2c(nn(C)c2C#N)Oc2ccnn2-c2ccc(F)c(Cl)c21. The van der Waals surface area contributed by atoms with Crippen molar-refractivity contribution < 1.29 is 13.9 Å². The van der Waals surface area contributed by atoms with Gasteiger partial charge in [0.2, 0.25) is 11.8 Å². The molecule has 0 radical (unpaired) electrons. The molecule has 1 atom stereocenters. The zero-order valence-corrected chi connectivity index (χ0v) is 17.6. The van der Waals surface area contributed by atoms with Crippen LogP contribution in [0.4, 0.5) is 10.2 Å². The number of nitrogen functional groups attached to an aromatic ring is 1. The molecule has 5 rings (SSSR count). The molecule has 9 nitrogen and oxygen atoms in total. The van der Waals surface area contributed by atoms with Crippen LogP contribution in [0.1, 0.15) is 24.3 Å². The Bertz CT molecular complexity index is 1420. The highest BCUT2D eigenvalue weighted by atomic mass is 35.5. The van der Waals surface area contributed by atoms with Crippen LogP contribution in [0.25, 0.3) is 16.8 Å². The molecule has 32 heavy (non-hydrogen) atoms. The Kier molecular flexibility index (Phi) is 4.49. The lowest BCUT2D eigenvalue weighted by Crippen LogP contribution is -2.13. The van der Waals surface area contributed by atoms with Crippen molar-refractivity contribution in [2.24, 2.45) is 7.05 Å². The third-order valence-corrected chi connectivity index (χ3v) is 5.53. The number of ether oxygens (including phenoxy) is 2. The number of hydrogen-bond acceptors (Lipinski definition) is 7. The lowest BCUT2D eigenvalue weighted by molar-refractivity contribution is 0.226. The monoisotopic (exact) mass is 451 g/mol. The Morgan fingerprint density at radius 2 is 2.12 bits per heavy atom. The minimum Gasteiger partial charge on any atom is -0.482 e. The number of halogens is 2. The van der Waals surface area contributed by atoms with Crippen molar-refractivity contribution >= 4 is 17.4 Å². The quantitative estimate of drug-likeness (QED) is 0.426. The zero-order chi connectivity index (χ0) is 22.6. The second-order valence-electron chi connectivity index (χ2n) is 7.11. The number of nitrogens with zero attached hydrogens (tertiary/aromatic N) is 6. The molecule has 0 saturated heterocycles. The average Bonchev–Trinajstić information content (AvgIpc) is 3.34. The lowest BCUT2D eigenvalue weighted by Gasteiger charge is -2.22. The van der Waals surface area contributed by atoms with E-state index in [2.05, 4.69) is 21.3 Å². The summed E-state index contributed by atoms with van der Waals surface area (Å²) < 4.78 is 29.4. The molecule has 0 saturated carbocycles. The molecular formula is C21H15ClFN7O2. The Hall–Kier alpha value is -4.10. The number of anilines is 1. The fourth-order valence-corrected chi connectivity index (χ4v) is 3.98.